The van der Waals surface area contributed by atoms with Crippen LogP contribution in [0.5, 0.6) is 0 Å². The molecule has 0 saturated carbocycles. The number of ether oxygens (including phenoxy) is 2. The van der Waals surface area contributed by atoms with Gasteiger partial charge in [0, 0.05) is 0 Å². The van der Waals surface area contributed by atoms with E-state index in [0.29, 0.717) is 0 Å². The van der Waals surface area contributed by atoms with E-state index >= 15 is 0 Å². The zero-order valence-corrected chi connectivity index (χ0v) is 9.76. The second-order valence-electron chi connectivity index (χ2n) is 3.38. The summed E-state index contributed by atoms with van der Waals surface area (Å²) in [6.45, 7) is 3.57. The van der Waals surface area contributed by atoms with Crippen LogP contribution in [0.2, 0.25) is 0 Å². The lowest BCUT2D eigenvalue weighted by Crippen LogP contribution is -2.40. The summed E-state index contributed by atoms with van der Waals surface area (Å²) < 4.78 is 9.67. The van der Waals surface area contributed by atoms with Gasteiger partial charge in [-0.2, -0.15) is 0 Å². The molecule has 0 atom stereocenters. The molecule has 5 nitrogen and oxygen atoms in total. The molecule has 17 heavy (non-hydrogen) atoms. The van der Waals surface area contributed by atoms with Gasteiger partial charge in [0.2, 0.25) is 5.41 Å². The molecule has 0 heterocycles. The van der Waals surface area contributed by atoms with Gasteiger partial charge in [0.25, 0.3) is 0 Å². The van der Waals surface area contributed by atoms with Crippen LogP contribution in [0.1, 0.15) is 13.8 Å². The van der Waals surface area contributed by atoms with Gasteiger partial charge in [-0.05, 0) is 38.2 Å². The molecule has 0 bridgehead atoms. The molecule has 0 aromatic carbocycles. The Bertz CT molecular complexity index is 356. The van der Waals surface area contributed by atoms with Crippen LogP contribution in [0.25, 0.3) is 0 Å². The minimum atomic E-state index is -1.63. The van der Waals surface area contributed by atoms with E-state index in [4.69, 9.17) is 9.47 Å². The fraction of sp³-hybridized carbons (Fsp3) is 0.417. The first-order chi connectivity index (χ1) is 8.06. The second-order valence-corrected chi connectivity index (χ2v) is 3.38. The van der Waals surface area contributed by atoms with Gasteiger partial charge >= 0.3 is 11.9 Å². The molecule has 0 aliphatic heterocycles. The highest BCUT2D eigenvalue weighted by Crippen LogP contribution is 2.28. The van der Waals surface area contributed by atoms with Crippen LogP contribution in [0.15, 0.2) is 24.3 Å². The summed E-state index contributed by atoms with van der Waals surface area (Å²) in [5.41, 5.74) is -1.63. The third-order valence-corrected chi connectivity index (χ3v) is 2.25. The van der Waals surface area contributed by atoms with Crippen molar-refractivity contribution in [3.8, 4) is 0 Å². The van der Waals surface area contributed by atoms with Gasteiger partial charge in [0.15, 0.2) is 5.78 Å². The van der Waals surface area contributed by atoms with E-state index in [2.05, 4.69) is 0 Å². The minimum absolute atomic E-state index is 0.148. The Morgan fingerprint density at radius 2 is 1.47 bits per heavy atom. The highest BCUT2D eigenvalue weighted by atomic mass is 16.6. The van der Waals surface area contributed by atoms with Gasteiger partial charge < -0.3 is 9.47 Å². The molecule has 0 fully saturated rings. The molecule has 0 unspecified atom stereocenters. The van der Waals surface area contributed by atoms with E-state index in [1.165, 1.54) is 12.2 Å². The Kier molecular flexibility index (Phi) is 4.20. The minimum Gasteiger partial charge on any atom is -0.465 e. The van der Waals surface area contributed by atoms with Crippen LogP contribution in [-0.2, 0) is 23.9 Å². The number of allylic oxidation sites excluding steroid dienone is 2. The molecule has 1 aliphatic rings. The summed E-state index contributed by atoms with van der Waals surface area (Å²) in [5.74, 6) is -1.76. The molecule has 0 spiro atoms. The number of carbonyl (C=O) groups excluding carboxylic acids is 3. The maximum absolute atomic E-state index is 11.8. The second kappa shape index (κ2) is 5.43. The van der Waals surface area contributed by atoms with Crippen LogP contribution < -0.4 is 0 Å². The Labute approximate surface area is 99.1 Å². The monoisotopic (exact) mass is 238 g/mol. The van der Waals surface area contributed by atoms with E-state index in [0.717, 1.165) is 12.2 Å². The highest BCUT2D eigenvalue weighted by Gasteiger charge is 2.45. The topological polar surface area (TPSA) is 69.7 Å². The van der Waals surface area contributed by atoms with Gasteiger partial charge in [0.1, 0.15) is 0 Å². The van der Waals surface area contributed by atoms with E-state index < -0.39 is 17.4 Å². The normalized spacial score (nSPS) is 16.7. The zero-order chi connectivity index (χ0) is 12.9. The van der Waals surface area contributed by atoms with Crippen LogP contribution >= 0.6 is 0 Å². The smallest absolute Gasteiger partial charge is 0.331 e. The summed E-state index contributed by atoms with van der Waals surface area (Å²) in [6, 6.07) is 0. The first kappa shape index (κ1) is 13.2. The molecule has 5 heteroatoms. The molecule has 0 saturated heterocycles. The summed E-state index contributed by atoms with van der Waals surface area (Å²) in [4.78, 5) is 34.6. The molecule has 0 amide bonds. The van der Waals surface area contributed by atoms with Crippen molar-refractivity contribution in [3.05, 3.63) is 24.3 Å². The molecular formula is C12H14O5. The number of ketones is 1. The van der Waals surface area contributed by atoms with Crippen molar-refractivity contribution in [3.63, 3.8) is 0 Å². The van der Waals surface area contributed by atoms with Crippen molar-refractivity contribution in [2.45, 2.75) is 13.8 Å². The first-order valence-corrected chi connectivity index (χ1v) is 5.33. The number of rotatable bonds is 4. The van der Waals surface area contributed by atoms with E-state index in [1.807, 2.05) is 0 Å². The van der Waals surface area contributed by atoms with Crippen LogP contribution in [0.3, 0.4) is 0 Å². The van der Waals surface area contributed by atoms with Crippen molar-refractivity contribution < 1.29 is 23.9 Å². The fourth-order valence-electron chi connectivity index (χ4n) is 1.39. The lowest BCUT2D eigenvalue weighted by atomic mass is 9.84. The average Bonchev–Trinajstić information content (AvgIpc) is 2.31. The van der Waals surface area contributed by atoms with Crippen molar-refractivity contribution >= 4 is 17.7 Å². The van der Waals surface area contributed by atoms with Gasteiger partial charge in [-0.1, -0.05) is 0 Å². The summed E-state index contributed by atoms with van der Waals surface area (Å²) in [7, 11) is 0. The number of carbonyl (C=O) groups is 3. The quantitative estimate of drug-likeness (QED) is 0.535. The number of esters is 2. The molecule has 0 aromatic rings. The van der Waals surface area contributed by atoms with Crippen LogP contribution in [-0.4, -0.2) is 30.9 Å². The van der Waals surface area contributed by atoms with E-state index in [1.54, 1.807) is 13.8 Å². The number of hydrogen-bond donors (Lipinski definition) is 0. The van der Waals surface area contributed by atoms with Gasteiger partial charge in [-0.25, -0.2) is 0 Å². The van der Waals surface area contributed by atoms with Gasteiger partial charge in [-0.3, -0.25) is 14.4 Å². The van der Waals surface area contributed by atoms with Crippen molar-refractivity contribution in [2.75, 3.05) is 13.2 Å². The Balaban J connectivity index is 3.06. The Hall–Kier alpha value is -1.91. The Morgan fingerprint density at radius 1 is 1.06 bits per heavy atom. The zero-order valence-electron chi connectivity index (χ0n) is 9.76. The van der Waals surface area contributed by atoms with E-state index in [9.17, 15) is 14.4 Å². The van der Waals surface area contributed by atoms with Crippen molar-refractivity contribution in [2.24, 2.45) is 5.41 Å². The molecule has 0 radical (unpaired) electrons. The SMILES string of the molecule is CCOC(=O)C1(C(=O)OCC)C=CC(=O)C=C1. The lowest BCUT2D eigenvalue weighted by molar-refractivity contribution is -0.164. The predicted molar refractivity (Wildman–Crippen MR) is 59.0 cm³/mol. The molecule has 1 aliphatic carbocycles. The molecule has 0 aromatic heterocycles. The average molecular weight is 238 g/mol. The largest absolute Gasteiger partial charge is 0.465 e. The molecule has 0 N–H and O–H groups in total. The van der Waals surface area contributed by atoms with Crippen LogP contribution in [0, 0.1) is 5.41 Å². The molecule has 1 rings (SSSR count). The first-order valence-electron chi connectivity index (χ1n) is 5.33. The Morgan fingerprint density at radius 3 is 1.82 bits per heavy atom. The van der Waals surface area contributed by atoms with Gasteiger partial charge in [-0.15, -0.1) is 0 Å². The standard InChI is InChI=1S/C12H14O5/c1-3-16-10(14)12(11(15)17-4-2)7-5-9(13)6-8-12/h5-8H,3-4H2,1-2H3. The maximum Gasteiger partial charge on any atom is 0.331 e. The maximum atomic E-state index is 11.8. The van der Waals surface area contributed by atoms with E-state index in [-0.39, 0.29) is 19.0 Å². The van der Waals surface area contributed by atoms with Gasteiger partial charge in [0.05, 0.1) is 13.2 Å². The van der Waals surface area contributed by atoms with Crippen molar-refractivity contribution in [1.29, 1.82) is 0 Å². The highest BCUT2D eigenvalue weighted by molar-refractivity contribution is 6.10. The fourth-order valence-corrected chi connectivity index (χ4v) is 1.39. The third-order valence-electron chi connectivity index (χ3n) is 2.25. The number of hydrogen-bond acceptors (Lipinski definition) is 5. The van der Waals surface area contributed by atoms with Crippen molar-refractivity contribution in [1.82, 2.24) is 0 Å². The predicted octanol–water partition coefficient (Wildman–Crippen LogP) is 0.794. The molecule has 92 valence electrons. The summed E-state index contributed by atoms with van der Waals surface area (Å²) in [5, 5.41) is 0. The molecular weight excluding hydrogens is 224 g/mol. The third kappa shape index (κ3) is 2.61. The lowest BCUT2D eigenvalue weighted by Gasteiger charge is -2.23. The summed E-state index contributed by atoms with van der Waals surface area (Å²) >= 11 is 0. The summed E-state index contributed by atoms with van der Waals surface area (Å²) in [6.07, 6.45) is 4.75. The van der Waals surface area contributed by atoms with Crippen LogP contribution in [0.4, 0.5) is 0 Å².